The second-order valence-electron chi connectivity index (χ2n) is 7.14. The molecule has 3 aromatic carbocycles. The van der Waals surface area contributed by atoms with Crippen molar-refractivity contribution < 1.29 is 24.2 Å². The highest BCUT2D eigenvalue weighted by Gasteiger charge is 2.26. The normalized spacial score (nSPS) is 11.9. The molecule has 4 rings (SSSR count). The van der Waals surface area contributed by atoms with Gasteiger partial charge in [-0.15, -0.1) is 0 Å². The van der Waals surface area contributed by atoms with E-state index < -0.39 is 11.9 Å². The molecule has 31 heavy (non-hydrogen) atoms. The average molecular weight is 416 g/mol. The van der Waals surface area contributed by atoms with Gasteiger partial charge in [-0.2, -0.15) is 0 Å². The average Bonchev–Trinajstić information content (AvgIpc) is 2.79. The van der Waals surface area contributed by atoms with Crippen LogP contribution in [0.2, 0.25) is 0 Å². The van der Waals surface area contributed by atoms with E-state index in [1.807, 2.05) is 30.3 Å². The number of fused-ring (bicyclic) bond motifs is 1. The number of hydrogen-bond acceptors (Lipinski definition) is 6. The number of phenolic OH excluding ortho intramolecular Hbond substituents is 2. The minimum atomic E-state index is -0.569. The highest BCUT2D eigenvalue weighted by Crippen LogP contribution is 2.39. The van der Waals surface area contributed by atoms with Gasteiger partial charge >= 0.3 is 5.97 Å². The van der Waals surface area contributed by atoms with E-state index >= 15 is 0 Å². The molecule has 1 atom stereocenters. The molecular weight excluding hydrogens is 396 g/mol. The number of esters is 1. The first-order valence-corrected chi connectivity index (χ1v) is 9.68. The van der Waals surface area contributed by atoms with E-state index in [2.05, 4.69) is 0 Å². The SMILES string of the molecule is COC(=O)C[C@H](c1ccccc1)c1c(O)ccc2c(=O)c(-c3ccc(O)cc3)coc12. The van der Waals surface area contributed by atoms with Crippen LogP contribution in [0.3, 0.4) is 0 Å². The lowest BCUT2D eigenvalue weighted by Crippen LogP contribution is -2.12. The quantitative estimate of drug-likeness (QED) is 0.463. The fraction of sp³-hybridized carbons (Fsp3) is 0.120. The molecule has 1 aromatic heterocycles. The molecule has 6 heteroatoms. The summed E-state index contributed by atoms with van der Waals surface area (Å²) in [6.45, 7) is 0. The van der Waals surface area contributed by atoms with E-state index in [9.17, 15) is 19.8 Å². The van der Waals surface area contributed by atoms with Crippen molar-refractivity contribution in [1.29, 1.82) is 0 Å². The van der Waals surface area contributed by atoms with E-state index in [0.29, 0.717) is 16.7 Å². The minimum absolute atomic E-state index is 0.0311. The van der Waals surface area contributed by atoms with Crippen molar-refractivity contribution in [2.45, 2.75) is 12.3 Å². The van der Waals surface area contributed by atoms with Gasteiger partial charge in [-0.1, -0.05) is 42.5 Å². The van der Waals surface area contributed by atoms with Gasteiger partial charge in [-0.05, 0) is 35.4 Å². The Morgan fingerprint density at radius 1 is 1.00 bits per heavy atom. The summed E-state index contributed by atoms with van der Waals surface area (Å²) in [4.78, 5) is 25.4. The second-order valence-corrected chi connectivity index (χ2v) is 7.14. The number of carbonyl (C=O) groups excluding carboxylic acids is 1. The number of hydrogen-bond donors (Lipinski definition) is 2. The molecule has 0 amide bonds. The molecule has 156 valence electrons. The van der Waals surface area contributed by atoms with Crippen LogP contribution in [0.4, 0.5) is 0 Å². The third-order valence-electron chi connectivity index (χ3n) is 5.28. The van der Waals surface area contributed by atoms with Gasteiger partial charge in [0.15, 0.2) is 0 Å². The zero-order valence-corrected chi connectivity index (χ0v) is 16.7. The standard InChI is InChI=1S/C25H20O6/c1-30-22(28)13-19(15-5-3-2-4-6-15)23-21(27)12-11-18-24(29)20(14-31-25(18)23)16-7-9-17(26)10-8-16/h2-12,14,19,26-27H,13H2,1H3/t19-/m1/s1. The van der Waals surface area contributed by atoms with Crippen LogP contribution in [-0.4, -0.2) is 23.3 Å². The Bertz CT molecular complexity index is 1290. The number of phenols is 2. The fourth-order valence-corrected chi connectivity index (χ4v) is 3.71. The molecule has 0 aliphatic carbocycles. The third-order valence-corrected chi connectivity index (χ3v) is 5.28. The lowest BCUT2D eigenvalue weighted by molar-refractivity contribution is -0.140. The van der Waals surface area contributed by atoms with Crippen molar-refractivity contribution in [2.75, 3.05) is 7.11 Å². The van der Waals surface area contributed by atoms with E-state index in [1.54, 1.807) is 12.1 Å². The Labute approximate surface area is 178 Å². The molecule has 0 saturated carbocycles. The summed E-state index contributed by atoms with van der Waals surface area (Å²) in [7, 11) is 1.30. The van der Waals surface area contributed by atoms with Crippen molar-refractivity contribution in [3.05, 3.63) is 94.3 Å². The number of benzene rings is 3. The molecule has 2 N–H and O–H groups in total. The Kier molecular flexibility index (Phi) is 5.45. The highest BCUT2D eigenvalue weighted by molar-refractivity contribution is 5.87. The maximum atomic E-state index is 13.2. The highest BCUT2D eigenvalue weighted by atomic mass is 16.5. The Morgan fingerprint density at radius 2 is 1.71 bits per heavy atom. The Balaban J connectivity index is 1.93. The van der Waals surface area contributed by atoms with Crippen molar-refractivity contribution in [1.82, 2.24) is 0 Å². The molecule has 0 bridgehead atoms. The molecule has 1 heterocycles. The van der Waals surface area contributed by atoms with Crippen LogP contribution in [0, 0.1) is 0 Å². The fourth-order valence-electron chi connectivity index (χ4n) is 3.71. The van der Waals surface area contributed by atoms with Crippen LogP contribution in [0.15, 0.2) is 82.2 Å². The number of carbonyl (C=O) groups is 1. The summed E-state index contributed by atoms with van der Waals surface area (Å²) < 4.78 is 10.7. The molecule has 4 aromatic rings. The summed E-state index contributed by atoms with van der Waals surface area (Å²) in [6.07, 6.45) is 1.30. The Morgan fingerprint density at radius 3 is 2.39 bits per heavy atom. The van der Waals surface area contributed by atoms with E-state index in [4.69, 9.17) is 9.15 Å². The lowest BCUT2D eigenvalue weighted by atomic mass is 9.86. The number of methoxy groups -OCH3 is 1. The maximum absolute atomic E-state index is 13.2. The number of rotatable bonds is 5. The van der Waals surface area contributed by atoms with Crippen LogP contribution in [0.1, 0.15) is 23.5 Å². The van der Waals surface area contributed by atoms with Crippen LogP contribution in [-0.2, 0) is 9.53 Å². The van der Waals surface area contributed by atoms with Gasteiger partial charge in [0.2, 0.25) is 5.43 Å². The van der Waals surface area contributed by atoms with Gasteiger partial charge in [-0.25, -0.2) is 0 Å². The second kappa shape index (κ2) is 8.36. The van der Waals surface area contributed by atoms with Gasteiger partial charge in [-0.3, -0.25) is 9.59 Å². The topological polar surface area (TPSA) is 97.0 Å². The number of ether oxygens (including phenoxy) is 1. The molecule has 0 saturated heterocycles. The Hall–Kier alpha value is -4.06. The van der Waals surface area contributed by atoms with E-state index in [1.165, 1.54) is 37.6 Å². The summed E-state index contributed by atoms with van der Waals surface area (Å²) in [5.74, 6) is -1.01. The van der Waals surface area contributed by atoms with Crippen molar-refractivity contribution >= 4 is 16.9 Å². The van der Waals surface area contributed by atoms with Crippen molar-refractivity contribution in [3.8, 4) is 22.6 Å². The van der Waals surface area contributed by atoms with Crippen LogP contribution < -0.4 is 5.43 Å². The van der Waals surface area contributed by atoms with Crippen LogP contribution in [0.5, 0.6) is 11.5 Å². The third kappa shape index (κ3) is 3.88. The monoisotopic (exact) mass is 416 g/mol. The minimum Gasteiger partial charge on any atom is -0.508 e. The van der Waals surface area contributed by atoms with Crippen LogP contribution >= 0.6 is 0 Å². The zero-order valence-electron chi connectivity index (χ0n) is 16.7. The summed E-state index contributed by atoms with van der Waals surface area (Å²) in [5, 5.41) is 20.5. The first-order valence-electron chi connectivity index (χ1n) is 9.68. The predicted molar refractivity (Wildman–Crippen MR) is 116 cm³/mol. The molecule has 0 aliphatic heterocycles. The molecule has 0 fully saturated rings. The van der Waals surface area contributed by atoms with E-state index in [0.717, 1.165) is 5.56 Å². The van der Waals surface area contributed by atoms with Gasteiger partial charge in [0.05, 0.1) is 24.5 Å². The molecule has 0 radical (unpaired) electrons. The van der Waals surface area contributed by atoms with Gasteiger partial charge in [0.1, 0.15) is 23.3 Å². The lowest BCUT2D eigenvalue weighted by Gasteiger charge is -2.19. The molecule has 0 aliphatic rings. The molecule has 0 spiro atoms. The van der Waals surface area contributed by atoms with Crippen LogP contribution in [0.25, 0.3) is 22.1 Å². The number of aromatic hydroxyl groups is 2. The molecule has 0 unspecified atom stereocenters. The summed E-state index contributed by atoms with van der Waals surface area (Å²) in [5.41, 5.74) is 1.98. The van der Waals surface area contributed by atoms with Gasteiger partial charge in [0.25, 0.3) is 0 Å². The largest absolute Gasteiger partial charge is 0.508 e. The summed E-state index contributed by atoms with van der Waals surface area (Å²) >= 11 is 0. The first kappa shape index (κ1) is 20.2. The molecule has 6 nitrogen and oxygen atoms in total. The first-order chi connectivity index (χ1) is 15.0. The summed E-state index contributed by atoms with van der Waals surface area (Å²) in [6, 6.07) is 18.4. The smallest absolute Gasteiger partial charge is 0.306 e. The van der Waals surface area contributed by atoms with Gasteiger partial charge < -0.3 is 19.4 Å². The zero-order chi connectivity index (χ0) is 22.0. The van der Waals surface area contributed by atoms with Crippen molar-refractivity contribution in [3.63, 3.8) is 0 Å². The van der Waals surface area contributed by atoms with E-state index in [-0.39, 0.29) is 34.3 Å². The van der Waals surface area contributed by atoms with Gasteiger partial charge in [0, 0.05) is 11.5 Å². The van der Waals surface area contributed by atoms with Crippen molar-refractivity contribution in [2.24, 2.45) is 0 Å². The maximum Gasteiger partial charge on any atom is 0.306 e. The predicted octanol–water partition coefficient (Wildman–Crippen LogP) is 4.57. The molecular formula is C25H20O6.